The van der Waals surface area contributed by atoms with Crippen LogP contribution in [0.25, 0.3) is 0 Å². The molecule has 0 radical (unpaired) electrons. The maximum absolute atomic E-state index is 10.7. The zero-order chi connectivity index (χ0) is 9.84. The first-order chi connectivity index (χ1) is 6.17. The van der Waals surface area contributed by atoms with Gasteiger partial charge in [-0.15, -0.1) is 11.8 Å². The Morgan fingerprint density at radius 1 is 1.46 bits per heavy atom. The molecule has 1 aromatic carbocycles. The van der Waals surface area contributed by atoms with Gasteiger partial charge in [-0.05, 0) is 24.5 Å². The Labute approximate surface area is 80.7 Å². The van der Waals surface area contributed by atoms with Gasteiger partial charge in [0.2, 0.25) is 0 Å². The van der Waals surface area contributed by atoms with Crippen molar-refractivity contribution < 1.29 is 14.6 Å². The topological polar surface area (TPSA) is 46.5 Å². The van der Waals surface area contributed by atoms with E-state index in [0.29, 0.717) is 5.75 Å². The van der Waals surface area contributed by atoms with Crippen LogP contribution in [0.2, 0.25) is 0 Å². The summed E-state index contributed by atoms with van der Waals surface area (Å²) in [6.07, 6.45) is 1.89. The van der Waals surface area contributed by atoms with Gasteiger partial charge in [-0.2, -0.15) is 0 Å². The summed E-state index contributed by atoms with van der Waals surface area (Å²) in [7, 11) is 1.52. The summed E-state index contributed by atoms with van der Waals surface area (Å²) in [6, 6.07) is 4.93. The fourth-order valence-corrected chi connectivity index (χ4v) is 1.41. The number of carboxylic acids is 1. The first kappa shape index (κ1) is 9.92. The van der Waals surface area contributed by atoms with Crippen molar-refractivity contribution in [3.8, 4) is 5.75 Å². The molecule has 1 rings (SSSR count). The summed E-state index contributed by atoms with van der Waals surface area (Å²) in [4.78, 5) is 11.6. The van der Waals surface area contributed by atoms with E-state index >= 15 is 0 Å². The fourth-order valence-electron chi connectivity index (χ4n) is 0.931. The maximum atomic E-state index is 10.7. The van der Waals surface area contributed by atoms with E-state index in [1.807, 2.05) is 6.26 Å². The van der Waals surface area contributed by atoms with Crippen molar-refractivity contribution in [3.05, 3.63) is 23.8 Å². The van der Waals surface area contributed by atoms with Gasteiger partial charge < -0.3 is 9.84 Å². The van der Waals surface area contributed by atoms with E-state index in [9.17, 15) is 4.79 Å². The molecular weight excluding hydrogens is 188 g/mol. The van der Waals surface area contributed by atoms with E-state index in [-0.39, 0.29) is 5.56 Å². The Kier molecular flexibility index (Phi) is 3.19. The van der Waals surface area contributed by atoms with Crippen LogP contribution >= 0.6 is 11.8 Å². The highest BCUT2D eigenvalue weighted by Gasteiger charge is 2.06. The lowest BCUT2D eigenvalue weighted by atomic mass is 10.2. The van der Waals surface area contributed by atoms with Crippen LogP contribution in [0.1, 0.15) is 10.4 Å². The minimum Gasteiger partial charge on any atom is -0.497 e. The Bertz CT molecular complexity index is 300. The van der Waals surface area contributed by atoms with E-state index in [0.717, 1.165) is 4.90 Å². The molecule has 0 aliphatic rings. The normalized spacial score (nSPS) is 9.69. The third-order valence-electron chi connectivity index (χ3n) is 1.60. The Balaban J connectivity index is 3.14. The van der Waals surface area contributed by atoms with E-state index in [1.54, 1.807) is 12.1 Å². The van der Waals surface area contributed by atoms with Crippen LogP contribution in [0.4, 0.5) is 0 Å². The van der Waals surface area contributed by atoms with Gasteiger partial charge in [0.25, 0.3) is 0 Å². The van der Waals surface area contributed by atoms with E-state index < -0.39 is 5.97 Å². The van der Waals surface area contributed by atoms with E-state index in [1.165, 1.54) is 24.9 Å². The molecule has 0 atom stereocenters. The highest BCUT2D eigenvalue weighted by atomic mass is 32.2. The number of hydrogen-bond acceptors (Lipinski definition) is 3. The highest BCUT2D eigenvalue weighted by Crippen LogP contribution is 2.23. The smallest absolute Gasteiger partial charge is 0.335 e. The molecule has 0 aromatic heterocycles. The van der Waals surface area contributed by atoms with Gasteiger partial charge >= 0.3 is 5.97 Å². The quantitative estimate of drug-likeness (QED) is 0.756. The molecule has 0 fully saturated rings. The second kappa shape index (κ2) is 4.18. The number of benzene rings is 1. The maximum Gasteiger partial charge on any atom is 0.335 e. The van der Waals surface area contributed by atoms with Crippen molar-refractivity contribution in [3.63, 3.8) is 0 Å². The van der Waals surface area contributed by atoms with Crippen LogP contribution in [-0.2, 0) is 0 Å². The Morgan fingerprint density at radius 2 is 2.15 bits per heavy atom. The first-order valence-corrected chi connectivity index (χ1v) is 4.86. The number of methoxy groups -OCH3 is 1. The van der Waals surface area contributed by atoms with Gasteiger partial charge in [-0.3, -0.25) is 0 Å². The van der Waals surface area contributed by atoms with Crippen molar-refractivity contribution in [1.82, 2.24) is 0 Å². The van der Waals surface area contributed by atoms with Gasteiger partial charge in [0, 0.05) is 4.90 Å². The molecule has 0 aliphatic carbocycles. The molecule has 0 saturated carbocycles. The standard InChI is InChI=1S/C9H10O3S/c1-12-7-3-6(9(10)11)4-8(5-7)13-2/h3-5H,1-2H3,(H,10,11). The SMILES string of the molecule is COc1cc(SC)cc(C(=O)O)c1. The van der Waals surface area contributed by atoms with Crippen LogP contribution in [0, 0.1) is 0 Å². The van der Waals surface area contributed by atoms with Crippen LogP contribution < -0.4 is 4.74 Å². The third-order valence-corrected chi connectivity index (χ3v) is 2.31. The second-order valence-electron chi connectivity index (χ2n) is 2.41. The largest absolute Gasteiger partial charge is 0.497 e. The summed E-state index contributed by atoms with van der Waals surface area (Å²) in [5, 5.41) is 8.76. The molecule has 1 N–H and O–H groups in total. The van der Waals surface area contributed by atoms with Crippen LogP contribution in [-0.4, -0.2) is 24.4 Å². The first-order valence-electron chi connectivity index (χ1n) is 3.63. The molecule has 4 heteroatoms. The van der Waals surface area contributed by atoms with Crippen molar-refractivity contribution in [1.29, 1.82) is 0 Å². The number of rotatable bonds is 3. The van der Waals surface area contributed by atoms with Crippen molar-refractivity contribution in [2.24, 2.45) is 0 Å². The fraction of sp³-hybridized carbons (Fsp3) is 0.222. The van der Waals surface area contributed by atoms with Gasteiger partial charge in [-0.25, -0.2) is 4.79 Å². The lowest BCUT2D eigenvalue weighted by Crippen LogP contribution is -1.97. The lowest BCUT2D eigenvalue weighted by molar-refractivity contribution is 0.0696. The van der Waals surface area contributed by atoms with E-state index in [2.05, 4.69) is 0 Å². The molecule has 13 heavy (non-hydrogen) atoms. The Morgan fingerprint density at radius 3 is 2.62 bits per heavy atom. The monoisotopic (exact) mass is 198 g/mol. The average molecular weight is 198 g/mol. The number of hydrogen-bond donors (Lipinski definition) is 1. The highest BCUT2D eigenvalue weighted by molar-refractivity contribution is 7.98. The third kappa shape index (κ3) is 2.39. The van der Waals surface area contributed by atoms with E-state index in [4.69, 9.17) is 9.84 Å². The van der Waals surface area contributed by atoms with Gasteiger partial charge in [-0.1, -0.05) is 0 Å². The Hall–Kier alpha value is -1.16. The molecule has 70 valence electrons. The number of carboxylic acid groups (broad SMARTS) is 1. The lowest BCUT2D eigenvalue weighted by Gasteiger charge is -2.04. The molecule has 1 aromatic rings. The molecule has 0 spiro atoms. The number of ether oxygens (including phenoxy) is 1. The summed E-state index contributed by atoms with van der Waals surface area (Å²) < 4.78 is 4.97. The predicted molar refractivity (Wildman–Crippen MR) is 51.7 cm³/mol. The molecule has 0 saturated heterocycles. The summed E-state index contributed by atoms with van der Waals surface area (Å²) in [5.74, 6) is -0.363. The van der Waals surface area contributed by atoms with Gasteiger partial charge in [0.05, 0.1) is 12.7 Å². The molecule has 0 amide bonds. The van der Waals surface area contributed by atoms with Crippen LogP contribution in [0.5, 0.6) is 5.75 Å². The summed E-state index contributed by atoms with van der Waals surface area (Å²) in [6.45, 7) is 0. The van der Waals surface area contributed by atoms with Crippen LogP contribution in [0.3, 0.4) is 0 Å². The molecule has 3 nitrogen and oxygen atoms in total. The van der Waals surface area contributed by atoms with Gasteiger partial charge in [0.15, 0.2) is 0 Å². The average Bonchev–Trinajstić information content (AvgIpc) is 2.16. The molecular formula is C9H10O3S. The summed E-state index contributed by atoms with van der Waals surface area (Å²) >= 11 is 1.49. The van der Waals surface area contributed by atoms with Crippen molar-refractivity contribution in [2.45, 2.75) is 4.90 Å². The number of aromatic carboxylic acids is 1. The van der Waals surface area contributed by atoms with Crippen LogP contribution in [0.15, 0.2) is 23.1 Å². The molecule has 0 heterocycles. The minimum absolute atomic E-state index is 0.253. The molecule has 0 unspecified atom stereocenters. The summed E-state index contributed by atoms with van der Waals surface area (Å²) in [5.41, 5.74) is 0.253. The second-order valence-corrected chi connectivity index (χ2v) is 3.29. The number of carbonyl (C=O) groups is 1. The van der Waals surface area contributed by atoms with Crippen molar-refractivity contribution >= 4 is 17.7 Å². The zero-order valence-electron chi connectivity index (χ0n) is 7.40. The molecule has 0 aliphatic heterocycles. The van der Waals surface area contributed by atoms with Crippen molar-refractivity contribution in [2.75, 3.05) is 13.4 Å². The number of thioether (sulfide) groups is 1. The van der Waals surface area contributed by atoms with Gasteiger partial charge in [0.1, 0.15) is 5.75 Å². The predicted octanol–water partition coefficient (Wildman–Crippen LogP) is 2.12. The zero-order valence-corrected chi connectivity index (χ0v) is 8.22. The molecule has 0 bridgehead atoms. The minimum atomic E-state index is -0.936.